The van der Waals surface area contributed by atoms with Crippen molar-refractivity contribution in [3.63, 3.8) is 0 Å². The number of hydrogen-bond acceptors (Lipinski definition) is 2. The SMILES string of the molecule is O=C(CC1CCCC1)NC(=S)NCCc1ccccc1. The second-order valence-electron chi connectivity index (χ2n) is 5.39. The third-order valence-corrected chi connectivity index (χ3v) is 3.99. The molecule has 1 aromatic rings. The quantitative estimate of drug-likeness (QED) is 0.819. The van der Waals surface area contributed by atoms with Gasteiger partial charge in [0, 0.05) is 13.0 Å². The van der Waals surface area contributed by atoms with Gasteiger partial charge in [-0.25, -0.2) is 0 Å². The number of carbonyl (C=O) groups is 1. The van der Waals surface area contributed by atoms with Crippen molar-refractivity contribution in [1.82, 2.24) is 10.6 Å². The summed E-state index contributed by atoms with van der Waals surface area (Å²) in [6.45, 7) is 0.743. The third kappa shape index (κ3) is 5.29. The molecule has 0 bridgehead atoms. The lowest BCUT2D eigenvalue weighted by Gasteiger charge is -2.11. The maximum Gasteiger partial charge on any atom is 0.226 e. The zero-order valence-corrected chi connectivity index (χ0v) is 12.5. The predicted octanol–water partition coefficient (Wildman–Crippen LogP) is 2.80. The summed E-state index contributed by atoms with van der Waals surface area (Å²) in [4.78, 5) is 11.8. The van der Waals surface area contributed by atoms with Gasteiger partial charge in [0.15, 0.2) is 5.11 Å². The summed E-state index contributed by atoms with van der Waals surface area (Å²) in [6, 6.07) is 10.2. The minimum absolute atomic E-state index is 0.0501. The van der Waals surface area contributed by atoms with E-state index in [0.717, 1.165) is 13.0 Å². The maximum atomic E-state index is 11.8. The molecule has 0 aliphatic heterocycles. The molecule has 1 amide bonds. The van der Waals surface area contributed by atoms with Gasteiger partial charge in [-0.05, 0) is 43.0 Å². The highest BCUT2D eigenvalue weighted by atomic mass is 32.1. The van der Waals surface area contributed by atoms with E-state index in [4.69, 9.17) is 12.2 Å². The van der Waals surface area contributed by atoms with Crippen LogP contribution in [0.4, 0.5) is 0 Å². The molecule has 0 aromatic heterocycles. The van der Waals surface area contributed by atoms with Gasteiger partial charge in [0.2, 0.25) is 5.91 Å². The molecule has 0 atom stereocenters. The van der Waals surface area contributed by atoms with Crippen molar-refractivity contribution in [2.24, 2.45) is 5.92 Å². The summed E-state index contributed by atoms with van der Waals surface area (Å²) < 4.78 is 0. The smallest absolute Gasteiger partial charge is 0.226 e. The topological polar surface area (TPSA) is 41.1 Å². The lowest BCUT2D eigenvalue weighted by molar-refractivity contribution is -0.120. The molecule has 1 fully saturated rings. The lowest BCUT2D eigenvalue weighted by atomic mass is 10.0. The standard InChI is InChI=1S/C16H22N2OS/c19-15(12-14-8-4-5-9-14)18-16(20)17-11-10-13-6-2-1-3-7-13/h1-3,6-7,14H,4-5,8-12H2,(H2,17,18,19,20). The highest BCUT2D eigenvalue weighted by Gasteiger charge is 2.18. The Morgan fingerprint density at radius 1 is 1.20 bits per heavy atom. The van der Waals surface area contributed by atoms with Gasteiger partial charge < -0.3 is 10.6 Å². The fraction of sp³-hybridized carbons (Fsp3) is 0.500. The zero-order valence-electron chi connectivity index (χ0n) is 11.7. The Balaban J connectivity index is 1.61. The highest BCUT2D eigenvalue weighted by molar-refractivity contribution is 7.80. The fourth-order valence-electron chi connectivity index (χ4n) is 2.66. The van der Waals surface area contributed by atoms with Crippen LogP contribution in [0.25, 0.3) is 0 Å². The summed E-state index contributed by atoms with van der Waals surface area (Å²) in [7, 11) is 0. The van der Waals surface area contributed by atoms with E-state index in [1.165, 1.54) is 31.2 Å². The Labute approximate surface area is 126 Å². The van der Waals surface area contributed by atoms with Crippen molar-refractivity contribution in [2.75, 3.05) is 6.54 Å². The summed E-state index contributed by atoms with van der Waals surface area (Å²) >= 11 is 5.14. The zero-order chi connectivity index (χ0) is 14.2. The number of benzene rings is 1. The Bertz CT molecular complexity index is 441. The van der Waals surface area contributed by atoms with E-state index < -0.39 is 0 Å². The first-order chi connectivity index (χ1) is 9.74. The van der Waals surface area contributed by atoms with Gasteiger partial charge in [0.05, 0.1) is 0 Å². The van der Waals surface area contributed by atoms with E-state index in [-0.39, 0.29) is 5.91 Å². The van der Waals surface area contributed by atoms with Crippen LogP contribution in [0.5, 0.6) is 0 Å². The molecule has 1 aliphatic carbocycles. The van der Waals surface area contributed by atoms with Crippen LogP contribution in [-0.4, -0.2) is 17.6 Å². The molecular weight excluding hydrogens is 268 g/mol. The molecular formula is C16H22N2OS. The van der Waals surface area contributed by atoms with Gasteiger partial charge in [0.25, 0.3) is 0 Å². The van der Waals surface area contributed by atoms with Gasteiger partial charge >= 0.3 is 0 Å². The van der Waals surface area contributed by atoms with E-state index in [0.29, 0.717) is 17.5 Å². The molecule has 0 spiro atoms. The van der Waals surface area contributed by atoms with Gasteiger partial charge in [-0.3, -0.25) is 4.79 Å². The third-order valence-electron chi connectivity index (χ3n) is 3.74. The van der Waals surface area contributed by atoms with Crippen molar-refractivity contribution < 1.29 is 4.79 Å². The van der Waals surface area contributed by atoms with Crippen molar-refractivity contribution in [1.29, 1.82) is 0 Å². The van der Waals surface area contributed by atoms with E-state index in [1.807, 2.05) is 18.2 Å². The van der Waals surface area contributed by atoms with E-state index in [2.05, 4.69) is 22.8 Å². The van der Waals surface area contributed by atoms with Crippen LogP contribution in [0.15, 0.2) is 30.3 Å². The molecule has 4 heteroatoms. The summed E-state index contributed by atoms with van der Waals surface area (Å²) in [5.41, 5.74) is 1.26. The fourth-order valence-corrected chi connectivity index (χ4v) is 2.88. The summed E-state index contributed by atoms with van der Waals surface area (Å²) in [6.07, 6.45) is 6.40. The molecule has 2 N–H and O–H groups in total. The monoisotopic (exact) mass is 290 g/mol. The Kier molecular flexibility index (Phi) is 5.99. The molecule has 3 nitrogen and oxygen atoms in total. The molecule has 2 rings (SSSR count). The van der Waals surface area contributed by atoms with Gasteiger partial charge in [-0.1, -0.05) is 43.2 Å². The Morgan fingerprint density at radius 2 is 1.90 bits per heavy atom. The molecule has 108 valence electrons. The lowest BCUT2D eigenvalue weighted by Crippen LogP contribution is -2.40. The average molecular weight is 290 g/mol. The van der Waals surface area contributed by atoms with Crippen molar-refractivity contribution in [3.8, 4) is 0 Å². The van der Waals surface area contributed by atoms with Crippen LogP contribution in [0.3, 0.4) is 0 Å². The molecule has 0 heterocycles. The molecule has 1 saturated carbocycles. The Hall–Kier alpha value is -1.42. The Morgan fingerprint density at radius 3 is 2.60 bits per heavy atom. The first kappa shape index (κ1) is 15.0. The van der Waals surface area contributed by atoms with E-state index in [1.54, 1.807) is 0 Å². The van der Waals surface area contributed by atoms with Gasteiger partial charge in [-0.15, -0.1) is 0 Å². The number of nitrogens with one attached hydrogen (secondary N) is 2. The molecule has 0 radical (unpaired) electrons. The van der Waals surface area contributed by atoms with E-state index >= 15 is 0 Å². The summed E-state index contributed by atoms with van der Waals surface area (Å²) in [5, 5.41) is 6.31. The van der Waals surface area contributed by atoms with Crippen LogP contribution in [0.2, 0.25) is 0 Å². The number of rotatable bonds is 5. The number of amides is 1. The maximum absolute atomic E-state index is 11.8. The minimum Gasteiger partial charge on any atom is -0.362 e. The predicted molar refractivity (Wildman–Crippen MR) is 85.5 cm³/mol. The van der Waals surface area contributed by atoms with E-state index in [9.17, 15) is 4.79 Å². The first-order valence-corrected chi connectivity index (χ1v) is 7.76. The van der Waals surface area contributed by atoms with Crippen LogP contribution < -0.4 is 10.6 Å². The summed E-state index contributed by atoms with van der Waals surface area (Å²) in [5.74, 6) is 0.608. The molecule has 1 aliphatic rings. The number of thiocarbonyl (C=S) groups is 1. The van der Waals surface area contributed by atoms with Crippen LogP contribution in [-0.2, 0) is 11.2 Å². The van der Waals surface area contributed by atoms with Crippen molar-refractivity contribution >= 4 is 23.2 Å². The number of hydrogen-bond donors (Lipinski definition) is 2. The molecule has 0 unspecified atom stereocenters. The molecule has 0 saturated heterocycles. The largest absolute Gasteiger partial charge is 0.362 e. The van der Waals surface area contributed by atoms with Gasteiger partial charge in [-0.2, -0.15) is 0 Å². The normalized spacial score (nSPS) is 15.0. The second kappa shape index (κ2) is 8.00. The van der Waals surface area contributed by atoms with Crippen molar-refractivity contribution in [3.05, 3.63) is 35.9 Å². The van der Waals surface area contributed by atoms with Crippen LogP contribution in [0, 0.1) is 5.92 Å². The highest BCUT2D eigenvalue weighted by Crippen LogP contribution is 2.27. The van der Waals surface area contributed by atoms with Crippen LogP contribution in [0.1, 0.15) is 37.7 Å². The van der Waals surface area contributed by atoms with Crippen LogP contribution >= 0.6 is 12.2 Å². The molecule has 1 aromatic carbocycles. The van der Waals surface area contributed by atoms with Gasteiger partial charge in [0.1, 0.15) is 0 Å². The minimum atomic E-state index is 0.0501. The average Bonchev–Trinajstić information content (AvgIpc) is 2.92. The van der Waals surface area contributed by atoms with Crippen molar-refractivity contribution in [2.45, 2.75) is 38.5 Å². The first-order valence-electron chi connectivity index (χ1n) is 7.35. The molecule has 20 heavy (non-hydrogen) atoms. The second-order valence-corrected chi connectivity index (χ2v) is 5.80. The number of carbonyl (C=O) groups excluding carboxylic acids is 1.